The van der Waals surface area contributed by atoms with Gasteiger partial charge in [0.25, 0.3) is 0 Å². The largest absolute Gasteiger partial charge is 0.477 e. The number of ether oxygens (including phenoxy) is 1. The number of nitrogens with zero attached hydrogens (tertiary/aromatic N) is 3. The van der Waals surface area contributed by atoms with Gasteiger partial charge < -0.3 is 19.3 Å². The van der Waals surface area contributed by atoms with Gasteiger partial charge in [-0.2, -0.15) is 0 Å². The molecule has 0 aliphatic carbocycles. The number of benzene rings is 2. The van der Waals surface area contributed by atoms with Crippen molar-refractivity contribution < 1.29 is 14.6 Å². The molecule has 0 saturated carbocycles. The topological polar surface area (TPSA) is 84.7 Å². The molecule has 1 N–H and O–H groups in total. The van der Waals surface area contributed by atoms with Gasteiger partial charge in [0.1, 0.15) is 17.2 Å². The van der Waals surface area contributed by atoms with E-state index in [1.807, 2.05) is 36.4 Å². The predicted molar refractivity (Wildman–Crippen MR) is 137 cm³/mol. The lowest BCUT2D eigenvalue weighted by Crippen LogP contribution is -2.34. The number of carbonyl (C=O) groups is 1. The highest BCUT2D eigenvalue weighted by atomic mass is 35.5. The smallest absolute Gasteiger partial charge is 0.341 e. The molecular formula is C26H21Cl2N3O4. The zero-order chi connectivity index (χ0) is 24.5. The summed E-state index contributed by atoms with van der Waals surface area (Å²) in [6.45, 7) is 1.13. The average Bonchev–Trinajstić information content (AvgIpc) is 3.32. The molecule has 0 radical (unpaired) electrons. The molecule has 178 valence electrons. The molecule has 0 spiro atoms. The van der Waals surface area contributed by atoms with E-state index in [0.29, 0.717) is 28.0 Å². The number of carboxylic acids is 1. The molecule has 0 amide bonds. The summed E-state index contributed by atoms with van der Waals surface area (Å²) >= 11 is 12.9. The molecule has 4 aromatic rings. The Balaban J connectivity index is 1.58. The fraction of sp³-hybridized carbons (Fsp3) is 0.192. The van der Waals surface area contributed by atoms with Gasteiger partial charge in [-0.25, -0.2) is 9.78 Å². The van der Waals surface area contributed by atoms with E-state index in [1.54, 1.807) is 29.0 Å². The summed E-state index contributed by atoms with van der Waals surface area (Å²) in [5.74, 6) is -0.906. The molecule has 1 atom stereocenters. The zero-order valence-electron chi connectivity index (χ0n) is 18.5. The van der Waals surface area contributed by atoms with Crippen molar-refractivity contribution in [2.45, 2.75) is 18.9 Å². The van der Waals surface area contributed by atoms with Crippen LogP contribution in [-0.2, 0) is 0 Å². The van der Waals surface area contributed by atoms with Crippen molar-refractivity contribution in [3.63, 3.8) is 0 Å². The van der Waals surface area contributed by atoms with Crippen LogP contribution in [0.15, 0.2) is 71.8 Å². The lowest BCUT2D eigenvalue weighted by molar-refractivity contribution is 0.0695. The Hall–Kier alpha value is -3.55. The normalized spacial score (nSPS) is 15.5. The first kappa shape index (κ1) is 23.2. The molecule has 1 fully saturated rings. The van der Waals surface area contributed by atoms with Crippen molar-refractivity contribution >= 4 is 45.8 Å². The van der Waals surface area contributed by atoms with Crippen LogP contribution < -0.4 is 15.1 Å². The molecule has 2 aromatic heterocycles. The number of pyridine rings is 2. The number of rotatable bonds is 6. The van der Waals surface area contributed by atoms with Gasteiger partial charge in [-0.05, 0) is 49.2 Å². The number of aromatic nitrogens is 2. The van der Waals surface area contributed by atoms with E-state index in [0.717, 1.165) is 30.8 Å². The molecule has 0 bridgehead atoms. The second-order valence-corrected chi connectivity index (χ2v) is 9.11. The number of hydrogen-bond donors (Lipinski definition) is 1. The number of hydrogen-bond acceptors (Lipinski definition) is 5. The van der Waals surface area contributed by atoms with Crippen LogP contribution in [0, 0.1) is 0 Å². The van der Waals surface area contributed by atoms with Crippen LogP contribution in [0.25, 0.3) is 16.6 Å². The maximum Gasteiger partial charge on any atom is 0.341 e. The quantitative estimate of drug-likeness (QED) is 0.372. The minimum absolute atomic E-state index is 0.0261. The minimum Gasteiger partial charge on any atom is -0.477 e. The first-order valence-electron chi connectivity index (χ1n) is 11.1. The number of aromatic carboxylic acids is 1. The lowest BCUT2D eigenvalue weighted by Gasteiger charge is -2.28. The second kappa shape index (κ2) is 9.60. The molecule has 1 saturated heterocycles. The lowest BCUT2D eigenvalue weighted by atomic mass is 10.1. The predicted octanol–water partition coefficient (Wildman–Crippen LogP) is 5.44. The van der Waals surface area contributed by atoms with E-state index < -0.39 is 11.4 Å². The standard InChI is InChI=1S/C26H21Cl2N3O4/c27-20-9-4-10-29-25(20)35-15-17-8-5-11-30(17)23-13-22-18(12-21(23)28)24(32)19(26(33)34)14-31(22)16-6-2-1-3-7-16/h1-4,6-7,9-10,12-14,17H,5,8,11,15H2,(H,33,34)/t17-/m1/s1. The SMILES string of the molecule is O=C(O)c1cn(-c2ccccc2)c2cc(N3CCC[C@@H]3COc3ncccc3Cl)c(Cl)cc2c1=O. The molecule has 1 aliphatic rings. The van der Waals surface area contributed by atoms with E-state index in [1.165, 1.54) is 6.20 Å². The van der Waals surface area contributed by atoms with Gasteiger partial charge in [0.05, 0.1) is 22.3 Å². The van der Waals surface area contributed by atoms with Gasteiger partial charge in [-0.15, -0.1) is 0 Å². The monoisotopic (exact) mass is 509 g/mol. The van der Waals surface area contributed by atoms with Crippen LogP contribution in [0.3, 0.4) is 0 Å². The molecule has 2 aromatic carbocycles. The van der Waals surface area contributed by atoms with Crippen LogP contribution in [0.1, 0.15) is 23.2 Å². The van der Waals surface area contributed by atoms with E-state index in [2.05, 4.69) is 9.88 Å². The Kier molecular flexibility index (Phi) is 6.36. The van der Waals surface area contributed by atoms with Crippen LogP contribution >= 0.6 is 23.2 Å². The summed E-state index contributed by atoms with van der Waals surface area (Å²) in [6, 6.07) is 16.2. The summed E-state index contributed by atoms with van der Waals surface area (Å²) in [5, 5.41) is 10.7. The fourth-order valence-electron chi connectivity index (χ4n) is 4.49. The Morgan fingerprint density at radius 1 is 1.11 bits per heavy atom. The third kappa shape index (κ3) is 4.45. The maximum absolute atomic E-state index is 13.0. The van der Waals surface area contributed by atoms with E-state index in [-0.39, 0.29) is 17.0 Å². The maximum atomic E-state index is 13.0. The minimum atomic E-state index is -1.29. The van der Waals surface area contributed by atoms with Crippen molar-refractivity contribution in [3.05, 3.63) is 92.8 Å². The fourth-order valence-corrected chi connectivity index (χ4v) is 4.94. The van der Waals surface area contributed by atoms with E-state index >= 15 is 0 Å². The second-order valence-electron chi connectivity index (χ2n) is 8.29. The summed E-state index contributed by atoms with van der Waals surface area (Å²) in [7, 11) is 0. The third-order valence-corrected chi connectivity index (χ3v) is 6.75. The highest BCUT2D eigenvalue weighted by Crippen LogP contribution is 2.36. The highest BCUT2D eigenvalue weighted by molar-refractivity contribution is 6.34. The molecule has 0 unspecified atom stereocenters. The Morgan fingerprint density at radius 3 is 2.66 bits per heavy atom. The summed E-state index contributed by atoms with van der Waals surface area (Å²) in [6.07, 6.45) is 4.83. The van der Waals surface area contributed by atoms with Crippen molar-refractivity contribution in [1.29, 1.82) is 0 Å². The van der Waals surface area contributed by atoms with Crippen molar-refractivity contribution in [2.24, 2.45) is 0 Å². The summed E-state index contributed by atoms with van der Waals surface area (Å²) in [4.78, 5) is 31.1. The number of fused-ring (bicyclic) bond motifs is 1. The van der Waals surface area contributed by atoms with Crippen LogP contribution in [0.5, 0.6) is 5.88 Å². The van der Waals surface area contributed by atoms with Gasteiger partial charge in [0, 0.05) is 30.0 Å². The Labute approximate surface area is 211 Å². The molecule has 7 nitrogen and oxygen atoms in total. The van der Waals surface area contributed by atoms with Crippen LogP contribution in [0.4, 0.5) is 5.69 Å². The third-order valence-electron chi connectivity index (χ3n) is 6.16. The Bertz CT molecular complexity index is 1470. The molecule has 5 rings (SSSR count). The van der Waals surface area contributed by atoms with Crippen molar-refractivity contribution in [1.82, 2.24) is 9.55 Å². The molecule has 3 heterocycles. The summed E-state index contributed by atoms with van der Waals surface area (Å²) < 4.78 is 7.62. The molecule has 35 heavy (non-hydrogen) atoms. The van der Waals surface area contributed by atoms with Gasteiger partial charge in [-0.1, -0.05) is 41.4 Å². The van der Waals surface area contributed by atoms with Gasteiger partial charge in [0.2, 0.25) is 11.3 Å². The first-order valence-corrected chi connectivity index (χ1v) is 11.9. The van der Waals surface area contributed by atoms with Gasteiger partial charge in [-0.3, -0.25) is 4.79 Å². The highest BCUT2D eigenvalue weighted by Gasteiger charge is 2.28. The first-order chi connectivity index (χ1) is 16.9. The van der Waals surface area contributed by atoms with Crippen molar-refractivity contribution in [2.75, 3.05) is 18.1 Å². The summed E-state index contributed by atoms with van der Waals surface area (Å²) in [5.41, 5.74) is 1.18. The Morgan fingerprint density at radius 2 is 1.91 bits per heavy atom. The van der Waals surface area contributed by atoms with Gasteiger partial charge >= 0.3 is 5.97 Å². The van der Waals surface area contributed by atoms with E-state index in [4.69, 9.17) is 27.9 Å². The zero-order valence-corrected chi connectivity index (χ0v) is 20.0. The molecule has 1 aliphatic heterocycles. The number of anilines is 1. The van der Waals surface area contributed by atoms with Crippen molar-refractivity contribution in [3.8, 4) is 11.6 Å². The molecular weight excluding hydrogens is 489 g/mol. The van der Waals surface area contributed by atoms with Crippen LogP contribution in [0.2, 0.25) is 10.0 Å². The molecule has 9 heteroatoms. The van der Waals surface area contributed by atoms with E-state index in [9.17, 15) is 14.7 Å². The number of halogens is 2. The number of carboxylic acid groups (broad SMARTS) is 1. The van der Waals surface area contributed by atoms with Crippen LogP contribution in [-0.4, -0.2) is 39.8 Å². The average molecular weight is 510 g/mol. The van der Waals surface area contributed by atoms with Gasteiger partial charge in [0.15, 0.2) is 0 Å². The number of para-hydroxylation sites is 1.